The van der Waals surface area contributed by atoms with E-state index in [-0.39, 0.29) is 31.2 Å². The largest absolute Gasteiger partial charge is 0.480 e. The monoisotopic (exact) mass is 560 g/mol. The number of carbonyl (C=O) groups is 3. The normalized spacial score (nSPS) is 10.9. The minimum Gasteiger partial charge on any atom is -0.480 e. The maximum absolute atomic E-state index is 10.8. The van der Waals surface area contributed by atoms with Crippen LogP contribution in [0.5, 0.6) is 0 Å². The maximum atomic E-state index is 10.8. The molecule has 0 aromatic heterocycles. The molecule has 40 heavy (non-hydrogen) atoms. The Bertz CT molecular complexity index is 950. The van der Waals surface area contributed by atoms with E-state index in [1.165, 1.54) is 11.8 Å². The van der Waals surface area contributed by atoms with E-state index in [9.17, 15) is 14.4 Å². The third-order valence-corrected chi connectivity index (χ3v) is 4.41. The van der Waals surface area contributed by atoms with Crippen LogP contribution in [0.1, 0.15) is 38.3 Å². The van der Waals surface area contributed by atoms with E-state index < -0.39 is 12.0 Å². The molecular weight excluding hydrogens is 516 g/mol. The van der Waals surface area contributed by atoms with Crippen molar-refractivity contribution in [1.82, 2.24) is 10.6 Å². The fourth-order valence-electron chi connectivity index (χ4n) is 2.31. The number of ether oxygens (including phenoxy) is 3. The van der Waals surface area contributed by atoms with Gasteiger partial charge in [-0.2, -0.15) is 0 Å². The van der Waals surface area contributed by atoms with Gasteiger partial charge in [0.25, 0.3) is 6.02 Å². The second kappa shape index (κ2) is 25.1. The topological polar surface area (TPSA) is 162 Å². The van der Waals surface area contributed by atoms with Crippen molar-refractivity contribution in [2.24, 2.45) is 10.7 Å². The summed E-state index contributed by atoms with van der Waals surface area (Å²) in [5.74, 6) is -1.16. The van der Waals surface area contributed by atoms with Crippen molar-refractivity contribution >= 4 is 24.8 Å². The summed E-state index contributed by atoms with van der Waals surface area (Å²) >= 11 is 0. The van der Waals surface area contributed by atoms with Gasteiger partial charge in [0.05, 0.1) is 12.2 Å². The number of nitrogens with zero attached hydrogens (tertiary/aromatic N) is 1. The number of aliphatic imine (C=N–C) groups is 1. The quantitative estimate of drug-likeness (QED) is 0.185. The lowest BCUT2D eigenvalue weighted by Gasteiger charge is -2.14. The Kier molecular flexibility index (Phi) is 23.8. The number of amides is 2. The molecule has 5 N–H and O–H groups in total. The van der Waals surface area contributed by atoms with Crippen molar-refractivity contribution in [3.63, 3.8) is 0 Å². The van der Waals surface area contributed by atoms with Gasteiger partial charge in [0.1, 0.15) is 12.6 Å². The van der Waals surface area contributed by atoms with Gasteiger partial charge in [-0.05, 0) is 44.5 Å². The fraction of sp³-hybridized carbons (Fsp3) is 0.379. The Morgan fingerprint density at radius 1 is 1.00 bits per heavy atom. The van der Waals surface area contributed by atoms with Gasteiger partial charge < -0.3 is 30.4 Å². The Morgan fingerprint density at radius 2 is 1.48 bits per heavy atom. The molecule has 0 saturated carbocycles. The molecule has 2 rings (SSSR count). The lowest BCUT2D eigenvalue weighted by Crippen LogP contribution is -2.36. The van der Waals surface area contributed by atoms with Gasteiger partial charge in [0.2, 0.25) is 12.8 Å². The molecule has 2 aromatic carbocycles. The molecule has 1 unspecified atom stereocenters. The highest BCUT2D eigenvalue weighted by Crippen LogP contribution is 2.02. The third-order valence-electron chi connectivity index (χ3n) is 4.41. The van der Waals surface area contributed by atoms with Crippen LogP contribution in [0.4, 0.5) is 0 Å². The summed E-state index contributed by atoms with van der Waals surface area (Å²) in [6.07, 6.45) is 2.06. The van der Waals surface area contributed by atoms with Crippen LogP contribution in [0.3, 0.4) is 0 Å². The highest BCUT2D eigenvalue weighted by molar-refractivity contribution is 5.84. The number of nitrogens with two attached hydrogens (primary N) is 1. The minimum atomic E-state index is -1.16. The van der Waals surface area contributed by atoms with Gasteiger partial charge in [-0.3, -0.25) is 14.9 Å². The SMILES string of the molecule is C=CN.COC(C)(C)C.COCc1ccccc1.O=CNC(=NCCC(NC=O)C(=O)O)OCc1ccccc1. The van der Waals surface area contributed by atoms with Crippen LogP contribution >= 0.6 is 0 Å². The zero-order chi connectivity index (χ0) is 30.7. The second-order valence-corrected chi connectivity index (χ2v) is 8.66. The van der Waals surface area contributed by atoms with Gasteiger partial charge >= 0.3 is 5.97 Å². The molecule has 11 heteroatoms. The minimum absolute atomic E-state index is 0.00547. The first-order valence-electron chi connectivity index (χ1n) is 12.3. The highest BCUT2D eigenvalue weighted by atomic mass is 16.5. The summed E-state index contributed by atoms with van der Waals surface area (Å²) < 4.78 is 15.2. The zero-order valence-corrected chi connectivity index (χ0v) is 24.0. The standard InChI is InChI=1S/C14H17N3O5.C8H10O.C5H12O.C2H5N/c18-9-16-12(13(20)21)6-7-15-14(17-10-19)22-8-11-4-2-1-3-5-11;1-9-7-8-5-3-2-4-6-8;1-5(2,3)6-4;1-2-3/h1-5,9-10,12H,6-8H2,(H,16,18)(H,20,21)(H,15,17,19);2-6H,7H2,1H3;1-4H3;2H,1,3H2. The molecule has 0 spiro atoms. The molecule has 0 aliphatic heterocycles. The number of rotatable bonds is 11. The number of amidine groups is 1. The summed E-state index contributed by atoms with van der Waals surface area (Å²) in [5, 5.41) is 13.3. The molecule has 2 aromatic rings. The van der Waals surface area contributed by atoms with Crippen molar-refractivity contribution in [1.29, 1.82) is 0 Å². The van der Waals surface area contributed by atoms with E-state index in [0.29, 0.717) is 19.4 Å². The van der Waals surface area contributed by atoms with Crippen molar-refractivity contribution in [3.8, 4) is 0 Å². The number of aliphatic carboxylic acids is 1. The average Bonchev–Trinajstić information content (AvgIpc) is 2.93. The summed E-state index contributed by atoms with van der Waals surface area (Å²) in [4.78, 5) is 35.6. The molecule has 2 amide bonds. The summed E-state index contributed by atoms with van der Waals surface area (Å²) in [5.41, 5.74) is 6.77. The van der Waals surface area contributed by atoms with Gasteiger partial charge in [0, 0.05) is 20.8 Å². The molecule has 0 bridgehead atoms. The van der Waals surface area contributed by atoms with E-state index in [1.807, 2.05) is 81.4 Å². The predicted molar refractivity (Wildman–Crippen MR) is 156 cm³/mol. The first-order chi connectivity index (χ1) is 19.1. The molecule has 1 atom stereocenters. The van der Waals surface area contributed by atoms with E-state index in [1.54, 1.807) is 14.2 Å². The predicted octanol–water partition coefficient (Wildman–Crippen LogP) is 3.25. The van der Waals surface area contributed by atoms with Gasteiger partial charge in [0.15, 0.2) is 0 Å². The van der Waals surface area contributed by atoms with Crippen LogP contribution in [-0.2, 0) is 41.8 Å². The second-order valence-electron chi connectivity index (χ2n) is 8.66. The van der Waals surface area contributed by atoms with Crippen LogP contribution in [-0.4, -0.2) is 62.3 Å². The summed E-state index contributed by atoms with van der Waals surface area (Å²) in [6, 6.07) is 18.3. The molecule has 0 fully saturated rings. The first-order valence-corrected chi connectivity index (χ1v) is 12.3. The zero-order valence-electron chi connectivity index (χ0n) is 24.0. The molecule has 0 saturated heterocycles. The fourth-order valence-corrected chi connectivity index (χ4v) is 2.31. The van der Waals surface area contributed by atoms with Crippen LogP contribution in [0, 0.1) is 0 Å². The number of carboxylic acids is 1. The molecule has 0 radical (unpaired) electrons. The van der Waals surface area contributed by atoms with Crippen molar-refractivity contribution in [3.05, 3.63) is 84.6 Å². The van der Waals surface area contributed by atoms with Crippen LogP contribution in [0.15, 0.2) is 78.4 Å². The van der Waals surface area contributed by atoms with Gasteiger partial charge in [-0.25, -0.2) is 9.79 Å². The number of hydrogen-bond donors (Lipinski definition) is 4. The van der Waals surface area contributed by atoms with Crippen LogP contribution < -0.4 is 16.4 Å². The average molecular weight is 561 g/mol. The van der Waals surface area contributed by atoms with E-state index in [0.717, 1.165) is 5.56 Å². The highest BCUT2D eigenvalue weighted by Gasteiger charge is 2.15. The van der Waals surface area contributed by atoms with Gasteiger partial charge in [-0.15, -0.1) is 0 Å². The van der Waals surface area contributed by atoms with E-state index in [2.05, 4.69) is 27.9 Å². The molecule has 0 aliphatic carbocycles. The van der Waals surface area contributed by atoms with Gasteiger partial charge in [-0.1, -0.05) is 67.2 Å². The number of carboxylic acid groups (broad SMARTS) is 1. The Labute approximate surface area is 237 Å². The Hall–Kier alpha value is -4.22. The summed E-state index contributed by atoms with van der Waals surface area (Å²) in [6.45, 7) is 10.2. The van der Waals surface area contributed by atoms with Crippen molar-refractivity contribution in [2.45, 2.75) is 52.0 Å². The third kappa shape index (κ3) is 24.1. The molecule has 11 nitrogen and oxygen atoms in total. The Balaban J connectivity index is 0. The van der Waals surface area contributed by atoms with Crippen molar-refractivity contribution < 1.29 is 33.7 Å². The smallest absolute Gasteiger partial charge is 0.326 e. The lowest BCUT2D eigenvalue weighted by atomic mass is 10.2. The summed E-state index contributed by atoms with van der Waals surface area (Å²) in [7, 11) is 3.41. The number of nitrogens with one attached hydrogen (secondary N) is 2. The van der Waals surface area contributed by atoms with E-state index >= 15 is 0 Å². The number of benzene rings is 2. The first kappa shape index (κ1) is 37.9. The van der Waals surface area contributed by atoms with Crippen LogP contribution in [0.2, 0.25) is 0 Å². The van der Waals surface area contributed by atoms with Crippen molar-refractivity contribution in [2.75, 3.05) is 20.8 Å². The van der Waals surface area contributed by atoms with E-state index in [4.69, 9.17) is 19.3 Å². The number of methoxy groups -OCH3 is 2. The Morgan fingerprint density at radius 3 is 1.85 bits per heavy atom. The number of hydrogen-bond acceptors (Lipinski definition) is 8. The molecule has 0 aliphatic rings. The lowest BCUT2D eigenvalue weighted by molar-refractivity contribution is -0.140. The van der Waals surface area contributed by atoms with Crippen LogP contribution in [0.25, 0.3) is 0 Å². The molecule has 0 heterocycles. The molecule has 222 valence electrons. The molecular formula is C29H44N4O7. The number of carbonyl (C=O) groups excluding carboxylic acids is 2. The maximum Gasteiger partial charge on any atom is 0.326 e.